The Morgan fingerprint density at radius 3 is 2.31 bits per heavy atom. The second kappa shape index (κ2) is 4.52. The number of hydrogen-bond donors (Lipinski definition) is 1. The molecule has 1 atom stereocenters. The minimum absolute atomic E-state index is 0.0803. The van der Waals surface area contributed by atoms with Crippen LogP contribution in [0, 0.1) is 5.92 Å². The van der Waals surface area contributed by atoms with Crippen molar-refractivity contribution < 1.29 is 9.47 Å². The van der Waals surface area contributed by atoms with Gasteiger partial charge in [-0.15, -0.1) is 0 Å². The summed E-state index contributed by atoms with van der Waals surface area (Å²) < 4.78 is 11.0. The van der Waals surface area contributed by atoms with E-state index in [2.05, 4.69) is 13.8 Å². The lowest BCUT2D eigenvalue weighted by Crippen LogP contribution is -2.19. The largest absolute Gasteiger partial charge is 0.486 e. The summed E-state index contributed by atoms with van der Waals surface area (Å²) in [4.78, 5) is 0. The van der Waals surface area contributed by atoms with Gasteiger partial charge in [-0.05, 0) is 17.5 Å². The van der Waals surface area contributed by atoms with Gasteiger partial charge in [-0.2, -0.15) is 0 Å². The van der Waals surface area contributed by atoms with Crippen molar-refractivity contribution in [3.63, 3.8) is 0 Å². The first kappa shape index (κ1) is 11.6. The standard InChI is InChI=1S/C12H16ClNO2/c1-7(2)12(14)8-5-10-11(6-9(8)13)16-4-3-15-10/h5-7,12H,3-4,14H2,1-2H3. The predicted octanol–water partition coefficient (Wildman–Crippen LogP) is 2.77. The second-order valence-corrected chi connectivity index (χ2v) is 4.69. The third kappa shape index (κ3) is 2.11. The van der Waals surface area contributed by atoms with E-state index in [1.165, 1.54) is 0 Å². The summed E-state index contributed by atoms with van der Waals surface area (Å²) >= 11 is 6.18. The van der Waals surface area contributed by atoms with E-state index in [0.29, 0.717) is 29.9 Å². The third-order valence-electron chi connectivity index (χ3n) is 2.74. The van der Waals surface area contributed by atoms with Crippen LogP contribution >= 0.6 is 11.6 Å². The van der Waals surface area contributed by atoms with E-state index < -0.39 is 0 Å². The highest BCUT2D eigenvalue weighted by Gasteiger charge is 2.20. The van der Waals surface area contributed by atoms with Crippen molar-refractivity contribution in [2.75, 3.05) is 13.2 Å². The molecule has 0 aliphatic carbocycles. The van der Waals surface area contributed by atoms with Gasteiger partial charge in [0.2, 0.25) is 0 Å². The molecule has 2 N–H and O–H groups in total. The molecular formula is C12H16ClNO2. The molecular weight excluding hydrogens is 226 g/mol. The van der Waals surface area contributed by atoms with E-state index >= 15 is 0 Å². The molecule has 16 heavy (non-hydrogen) atoms. The summed E-state index contributed by atoms with van der Waals surface area (Å²) in [5.74, 6) is 1.78. The Kier molecular flexibility index (Phi) is 3.26. The van der Waals surface area contributed by atoms with Crippen LogP contribution in [-0.4, -0.2) is 13.2 Å². The summed E-state index contributed by atoms with van der Waals surface area (Å²) in [6.45, 7) is 5.28. The molecule has 0 spiro atoms. The number of rotatable bonds is 2. The van der Waals surface area contributed by atoms with Crippen LogP contribution in [0.2, 0.25) is 5.02 Å². The van der Waals surface area contributed by atoms with Crippen molar-refractivity contribution in [1.82, 2.24) is 0 Å². The first-order chi connectivity index (χ1) is 7.59. The van der Waals surface area contributed by atoms with Crippen LogP contribution in [0.25, 0.3) is 0 Å². The first-order valence-corrected chi connectivity index (χ1v) is 5.82. The number of fused-ring (bicyclic) bond motifs is 1. The number of ether oxygens (including phenoxy) is 2. The summed E-state index contributed by atoms with van der Waals surface area (Å²) in [7, 11) is 0. The van der Waals surface area contributed by atoms with Crippen molar-refractivity contribution in [2.45, 2.75) is 19.9 Å². The zero-order chi connectivity index (χ0) is 11.7. The normalized spacial score (nSPS) is 16.3. The highest BCUT2D eigenvalue weighted by Crippen LogP contribution is 2.38. The van der Waals surface area contributed by atoms with Gasteiger partial charge in [-0.3, -0.25) is 0 Å². The Morgan fingerprint density at radius 2 is 1.75 bits per heavy atom. The van der Waals surface area contributed by atoms with Gasteiger partial charge in [-0.25, -0.2) is 0 Å². The molecule has 1 aliphatic heterocycles. The minimum atomic E-state index is -0.0803. The third-order valence-corrected chi connectivity index (χ3v) is 3.07. The molecule has 4 heteroatoms. The van der Waals surface area contributed by atoms with Crippen LogP contribution in [0.15, 0.2) is 12.1 Å². The summed E-state index contributed by atoms with van der Waals surface area (Å²) in [6.07, 6.45) is 0. The van der Waals surface area contributed by atoms with Crippen LogP contribution in [0.1, 0.15) is 25.5 Å². The van der Waals surface area contributed by atoms with E-state index in [1.807, 2.05) is 6.07 Å². The van der Waals surface area contributed by atoms with Gasteiger partial charge < -0.3 is 15.2 Å². The van der Waals surface area contributed by atoms with Crippen molar-refractivity contribution in [1.29, 1.82) is 0 Å². The Hall–Kier alpha value is -0.930. The fourth-order valence-electron chi connectivity index (χ4n) is 1.69. The number of halogens is 1. The Balaban J connectivity index is 2.39. The maximum Gasteiger partial charge on any atom is 0.162 e. The van der Waals surface area contributed by atoms with E-state index in [4.69, 9.17) is 26.8 Å². The van der Waals surface area contributed by atoms with Crippen molar-refractivity contribution >= 4 is 11.6 Å². The number of benzene rings is 1. The SMILES string of the molecule is CC(C)C(N)c1cc2c(cc1Cl)OCCO2. The van der Waals surface area contributed by atoms with Crippen LogP contribution in [-0.2, 0) is 0 Å². The lowest BCUT2D eigenvalue weighted by molar-refractivity contribution is 0.171. The Morgan fingerprint density at radius 1 is 1.19 bits per heavy atom. The van der Waals surface area contributed by atoms with Gasteiger partial charge >= 0.3 is 0 Å². The smallest absolute Gasteiger partial charge is 0.162 e. The molecule has 1 heterocycles. The zero-order valence-corrected chi connectivity index (χ0v) is 10.3. The molecule has 0 fully saturated rings. The highest BCUT2D eigenvalue weighted by molar-refractivity contribution is 6.31. The fraction of sp³-hybridized carbons (Fsp3) is 0.500. The van der Waals surface area contributed by atoms with Gasteiger partial charge in [0.05, 0.1) is 0 Å². The predicted molar refractivity (Wildman–Crippen MR) is 64.2 cm³/mol. The quantitative estimate of drug-likeness (QED) is 0.866. The van der Waals surface area contributed by atoms with Gasteiger partial charge in [-0.1, -0.05) is 25.4 Å². The van der Waals surface area contributed by atoms with Gasteiger partial charge in [0.1, 0.15) is 13.2 Å². The van der Waals surface area contributed by atoms with Gasteiger partial charge in [0.15, 0.2) is 11.5 Å². The molecule has 3 nitrogen and oxygen atoms in total. The van der Waals surface area contributed by atoms with Gasteiger partial charge in [0.25, 0.3) is 0 Å². The van der Waals surface area contributed by atoms with Crippen LogP contribution in [0.5, 0.6) is 11.5 Å². The molecule has 0 saturated carbocycles. The monoisotopic (exact) mass is 241 g/mol. The first-order valence-electron chi connectivity index (χ1n) is 5.44. The molecule has 0 amide bonds. The molecule has 1 unspecified atom stereocenters. The molecule has 0 aromatic heterocycles. The van der Waals surface area contributed by atoms with Crippen LogP contribution in [0.4, 0.5) is 0 Å². The summed E-state index contributed by atoms with van der Waals surface area (Å²) in [6, 6.07) is 3.60. The number of hydrogen-bond acceptors (Lipinski definition) is 3. The summed E-state index contributed by atoms with van der Waals surface area (Å²) in [5.41, 5.74) is 7.01. The van der Waals surface area contributed by atoms with E-state index in [-0.39, 0.29) is 6.04 Å². The average Bonchev–Trinajstić information content (AvgIpc) is 2.27. The summed E-state index contributed by atoms with van der Waals surface area (Å²) in [5, 5.41) is 0.644. The molecule has 1 aliphatic rings. The molecule has 1 aromatic carbocycles. The van der Waals surface area contributed by atoms with Crippen molar-refractivity contribution in [3.8, 4) is 11.5 Å². The molecule has 0 saturated heterocycles. The molecule has 88 valence electrons. The Bertz CT molecular complexity index is 393. The van der Waals surface area contributed by atoms with Crippen molar-refractivity contribution in [2.24, 2.45) is 11.7 Å². The van der Waals surface area contributed by atoms with Crippen LogP contribution < -0.4 is 15.2 Å². The van der Waals surface area contributed by atoms with Crippen molar-refractivity contribution in [3.05, 3.63) is 22.7 Å². The van der Waals surface area contributed by atoms with Gasteiger partial charge in [0, 0.05) is 17.1 Å². The molecule has 1 aromatic rings. The topological polar surface area (TPSA) is 44.5 Å². The zero-order valence-electron chi connectivity index (χ0n) is 9.50. The lowest BCUT2D eigenvalue weighted by atomic mass is 9.96. The van der Waals surface area contributed by atoms with E-state index in [0.717, 1.165) is 11.3 Å². The lowest BCUT2D eigenvalue weighted by Gasteiger charge is -2.23. The molecule has 0 bridgehead atoms. The maximum absolute atomic E-state index is 6.18. The van der Waals surface area contributed by atoms with E-state index in [1.54, 1.807) is 6.07 Å². The fourth-order valence-corrected chi connectivity index (χ4v) is 1.97. The minimum Gasteiger partial charge on any atom is -0.486 e. The molecule has 2 rings (SSSR count). The highest BCUT2D eigenvalue weighted by atomic mass is 35.5. The Labute approximate surface area is 100 Å². The number of nitrogens with two attached hydrogens (primary N) is 1. The van der Waals surface area contributed by atoms with E-state index in [9.17, 15) is 0 Å². The average molecular weight is 242 g/mol. The maximum atomic E-state index is 6.18. The second-order valence-electron chi connectivity index (χ2n) is 4.29. The van der Waals surface area contributed by atoms with Crippen LogP contribution in [0.3, 0.4) is 0 Å². The molecule has 0 radical (unpaired) electrons.